The summed E-state index contributed by atoms with van der Waals surface area (Å²) in [4.78, 5) is 43.3. The fourth-order valence-corrected chi connectivity index (χ4v) is 6.22. The van der Waals surface area contributed by atoms with Gasteiger partial charge in [-0.3, -0.25) is 9.59 Å². The molecule has 2 amide bonds. The smallest absolute Gasteiger partial charge is 0.225 e. The van der Waals surface area contributed by atoms with Crippen molar-refractivity contribution in [1.29, 1.82) is 0 Å². The molecule has 0 aliphatic carbocycles. The molecule has 0 unspecified atom stereocenters. The number of hydrogen-bond acceptors (Lipinski definition) is 8. The first kappa shape index (κ1) is 29.8. The average molecular weight is 577 g/mol. The molecule has 3 aromatic rings. The summed E-state index contributed by atoms with van der Waals surface area (Å²) in [5.41, 5.74) is 1.89. The van der Waals surface area contributed by atoms with Gasteiger partial charge in [-0.15, -0.1) is 0 Å². The molecule has 0 atom stereocenters. The molecule has 2 saturated heterocycles. The van der Waals surface area contributed by atoms with Crippen LogP contribution in [0.4, 0.5) is 5.82 Å². The van der Waals surface area contributed by atoms with Crippen LogP contribution < -0.4 is 9.64 Å². The molecule has 2 aliphatic rings. The first-order chi connectivity index (χ1) is 20.3. The van der Waals surface area contributed by atoms with Gasteiger partial charge in [0.05, 0.1) is 24.7 Å². The molecule has 11 heteroatoms. The lowest BCUT2D eigenvalue weighted by Gasteiger charge is -2.40. The molecule has 0 bridgehead atoms. The maximum Gasteiger partial charge on any atom is 0.225 e. The minimum absolute atomic E-state index is 0.0214. The second-order valence-electron chi connectivity index (χ2n) is 11.7. The Balaban J connectivity index is 1.17. The molecule has 5 rings (SSSR count). The monoisotopic (exact) mass is 576 g/mol. The topological polar surface area (TPSA) is 99.9 Å². The van der Waals surface area contributed by atoms with E-state index in [2.05, 4.69) is 30.9 Å². The molecule has 1 aromatic carbocycles. The Morgan fingerprint density at radius 3 is 2.48 bits per heavy atom. The van der Waals surface area contributed by atoms with E-state index in [9.17, 15) is 9.59 Å². The highest BCUT2D eigenvalue weighted by atomic mass is 16.5. The molecule has 2 aromatic heterocycles. The van der Waals surface area contributed by atoms with E-state index in [1.165, 1.54) is 0 Å². The van der Waals surface area contributed by atoms with Crippen molar-refractivity contribution in [2.75, 3.05) is 64.9 Å². The van der Waals surface area contributed by atoms with Crippen LogP contribution in [0, 0.1) is 5.92 Å². The van der Waals surface area contributed by atoms with Crippen molar-refractivity contribution >= 4 is 28.7 Å². The van der Waals surface area contributed by atoms with Crippen LogP contribution in [0.5, 0.6) is 5.75 Å². The zero-order valence-electron chi connectivity index (χ0n) is 25.4. The highest BCUT2D eigenvalue weighted by Crippen LogP contribution is 2.29. The highest BCUT2D eigenvalue weighted by Gasteiger charge is 2.33. The lowest BCUT2D eigenvalue weighted by Crippen LogP contribution is -2.51. The molecular weight excluding hydrogens is 532 g/mol. The lowest BCUT2D eigenvalue weighted by atomic mass is 9.93. The van der Waals surface area contributed by atoms with Crippen LogP contribution in [0.2, 0.25) is 0 Å². The van der Waals surface area contributed by atoms with Crippen molar-refractivity contribution in [3.63, 3.8) is 0 Å². The number of aromatic nitrogens is 4. The summed E-state index contributed by atoms with van der Waals surface area (Å²) in [7, 11) is 4.05. The molecule has 0 spiro atoms. The first-order valence-corrected chi connectivity index (χ1v) is 15.2. The summed E-state index contributed by atoms with van der Waals surface area (Å²) < 4.78 is 7.55. The standard InChI is InChI=1S/C31H44N8O3/c1-5-42-27-8-6-7-24(19-27)21-39-30-28(20-34-39)29(32-22-33-30)36-13-9-25(10-14-36)31(41)37-15-11-26(12-16-37)38(23(2)40)18-17-35(3)4/h6-8,19-20,22,25-26H,5,9-18,21H2,1-4H3. The molecule has 0 saturated carbocycles. The van der Waals surface area contributed by atoms with E-state index in [-0.39, 0.29) is 23.8 Å². The molecule has 42 heavy (non-hydrogen) atoms. The van der Waals surface area contributed by atoms with Crippen LogP contribution >= 0.6 is 0 Å². The average Bonchev–Trinajstić information content (AvgIpc) is 3.40. The van der Waals surface area contributed by atoms with Gasteiger partial charge in [-0.2, -0.15) is 5.10 Å². The fraction of sp³-hybridized carbons (Fsp3) is 0.581. The molecule has 11 nitrogen and oxygen atoms in total. The number of likely N-dealkylation sites (N-methyl/N-ethyl adjacent to an activating group) is 1. The predicted molar refractivity (Wildman–Crippen MR) is 163 cm³/mol. The summed E-state index contributed by atoms with van der Waals surface area (Å²) in [6.07, 6.45) is 6.74. The number of carbonyl (C=O) groups is 2. The Morgan fingerprint density at radius 1 is 1.02 bits per heavy atom. The van der Waals surface area contributed by atoms with Crippen LogP contribution in [0.1, 0.15) is 45.1 Å². The quantitative estimate of drug-likeness (QED) is 0.363. The van der Waals surface area contributed by atoms with E-state index < -0.39 is 0 Å². The van der Waals surface area contributed by atoms with Gasteiger partial charge < -0.3 is 24.3 Å². The van der Waals surface area contributed by atoms with Crippen molar-refractivity contribution < 1.29 is 14.3 Å². The second-order valence-corrected chi connectivity index (χ2v) is 11.7. The molecule has 2 fully saturated rings. The maximum atomic E-state index is 13.4. The number of benzene rings is 1. The lowest BCUT2D eigenvalue weighted by molar-refractivity contribution is -0.139. The van der Waals surface area contributed by atoms with Gasteiger partial charge in [-0.1, -0.05) is 12.1 Å². The number of anilines is 1. The number of hydrogen-bond donors (Lipinski definition) is 0. The third-order valence-electron chi connectivity index (χ3n) is 8.51. The summed E-state index contributed by atoms with van der Waals surface area (Å²) in [6, 6.07) is 8.26. The van der Waals surface area contributed by atoms with Gasteiger partial charge in [-0.25, -0.2) is 14.6 Å². The summed E-state index contributed by atoms with van der Waals surface area (Å²) >= 11 is 0. The molecular formula is C31H44N8O3. The number of likely N-dealkylation sites (tertiary alicyclic amines) is 1. The van der Waals surface area contributed by atoms with E-state index >= 15 is 0 Å². The number of rotatable bonds is 10. The van der Waals surface area contributed by atoms with Gasteiger partial charge in [0.1, 0.15) is 17.9 Å². The first-order valence-electron chi connectivity index (χ1n) is 15.2. The predicted octanol–water partition coefficient (Wildman–Crippen LogP) is 2.89. The normalized spacial score (nSPS) is 16.8. The minimum Gasteiger partial charge on any atom is -0.494 e. The Hall–Kier alpha value is -3.73. The Morgan fingerprint density at radius 2 is 1.79 bits per heavy atom. The van der Waals surface area contributed by atoms with Crippen molar-refractivity contribution in [2.45, 2.75) is 52.1 Å². The molecule has 0 radical (unpaired) electrons. The van der Waals surface area contributed by atoms with E-state index in [1.807, 2.05) is 59.9 Å². The zero-order chi connectivity index (χ0) is 29.6. The third kappa shape index (κ3) is 6.83. The Bertz CT molecular complexity index is 1360. The zero-order valence-corrected chi connectivity index (χ0v) is 25.4. The Labute approximate surface area is 248 Å². The number of nitrogens with zero attached hydrogens (tertiary/aromatic N) is 8. The second kappa shape index (κ2) is 13.5. The van der Waals surface area contributed by atoms with E-state index in [4.69, 9.17) is 4.74 Å². The maximum absolute atomic E-state index is 13.4. The van der Waals surface area contributed by atoms with Gasteiger partial charge in [0.2, 0.25) is 11.8 Å². The van der Waals surface area contributed by atoms with Crippen molar-refractivity contribution in [2.24, 2.45) is 5.92 Å². The van der Waals surface area contributed by atoms with E-state index in [0.29, 0.717) is 26.2 Å². The number of carbonyl (C=O) groups excluding carboxylic acids is 2. The molecule has 0 N–H and O–H groups in total. The van der Waals surface area contributed by atoms with Crippen molar-refractivity contribution in [1.82, 2.24) is 34.4 Å². The summed E-state index contributed by atoms with van der Waals surface area (Å²) in [5.74, 6) is 2.12. The summed E-state index contributed by atoms with van der Waals surface area (Å²) in [5, 5.41) is 5.56. The van der Waals surface area contributed by atoms with Gasteiger partial charge in [-0.05, 0) is 64.4 Å². The summed E-state index contributed by atoms with van der Waals surface area (Å²) in [6.45, 7) is 9.40. The molecule has 2 aliphatic heterocycles. The third-order valence-corrected chi connectivity index (χ3v) is 8.51. The SMILES string of the molecule is CCOc1cccc(Cn2ncc3c(N4CCC(C(=O)N5CCC(N(CCN(C)C)C(C)=O)CC5)CC4)ncnc32)c1. The fourth-order valence-electron chi connectivity index (χ4n) is 6.22. The van der Waals surface area contributed by atoms with E-state index in [1.54, 1.807) is 13.3 Å². The number of fused-ring (bicyclic) bond motifs is 1. The van der Waals surface area contributed by atoms with Gasteiger partial charge in [0.25, 0.3) is 0 Å². The Kier molecular flexibility index (Phi) is 9.56. The number of amides is 2. The van der Waals surface area contributed by atoms with Crippen LogP contribution in [0.3, 0.4) is 0 Å². The largest absolute Gasteiger partial charge is 0.494 e. The molecule has 4 heterocycles. The van der Waals surface area contributed by atoms with Crippen molar-refractivity contribution in [3.8, 4) is 5.75 Å². The van der Waals surface area contributed by atoms with E-state index in [0.717, 1.165) is 80.0 Å². The van der Waals surface area contributed by atoms with Crippen LogP contribution in [-0.4, -0.2) is 112 Å². The van der Waals surface area contributed by atoms with Gasteiger partial charge >= 0.3 is 0 Å². The number of ether oxygens (including phenoxy) is 1. The van der Waals surface area contributed by atoms with Crippen LogP contribution in [0.25, 0.3) is 11.0 Å². The van der Waals surface area contributed by atoms with Gasteiger partial charge in [0.15, 0.2) is 5.65 Å². The highest BCUT2D eigenvalue weighted by molar-refractivity contribution is 5.87. The van der Waals surface area contributed by atoms with Crippen molar-refractivity contribution in [3.05, 3.63) is 42.4 Å². The van der Waals surface area contributed by atoms with Crippen LogP contribution in [0.15, 0.2) is 36.8 Å². The number of piperidine rings is 2. The van der Waals surface area contributed by atoms with Gasteiger partial charge in [0, 0.05) is 58.2 Å². The minimum atomic E-state index is 0.0214. The van der Waals surface area contributed by atoms with Crippen LogP contribution in [-0.2, 0) is 16.1 Å². The molecule has 226 valence electrons.